The van der Waals surface area contributed by atoms with Crippen LogP contribution in [0.15, 0.2) is 48.7 Å². The Morgan fingerprint density at radius 3 is 2.78 bits per heavy atom. The van der Waals surface area contributed by atoms with Crippen molar-refractivity contribution in [2.24, 2.45) is 5.92 Å². The van der Waals surface area contributed by atoms with Crippen molar-refractivity contribution in [1.29, 1.82) is 0 Å². The number of pyridine rings is 1. The highest BCUT2D eigenvalue weighted by Gasteiger charge is 2.38. The quantitative estimate of drug-likeness (QED) is 0.862. The maximum atomic E-state index is 11.1. The Hall–Kier alpha value is -1.71. The minimum Gasteiger partial charge on any atom is -0.384 e. The van der Waals surface area contributed by atoms with Crippen molar-refractivity contribution in [3.05, 3.63) is 65.5 Å². The second kappa shape index (κ2) is 6.06. The van der Waals surface area contributed by atoms with Crippen LogP contribution in [0.25, 0.3) is 0 Å². The molecule has 1 aromatic heterocycles. The number of aryl methyl sites for hydroxylation is 1. The molecule has 2 N–H and O–H groups in total. The van der Waals surface area contributed by atoms with E-state index in [2.05, 4.69) is 34.6 Å². The van der Waals surface area contributed by atoms with Gasteiger partial charge in [-0.2, -0.15) is 0 Å². The lowest BCUT2D eigenvalue weighted by Gasteiger charge is -2.28. The monoisotopic (exact) mass is 308 g/mol. The number of hydrogen-bond acceptors (Lipinski definition) is 3. The summed E-state index contributed by atoms with van der Waals surface area (Å²) in [6.45, 7) is 0.637. The predicted octanol–water partition coefficient (Wildman–Crippen LogP) is 2.83. The zero-order chi connectivity index (χ0) is 15.7. The molecule has 120 valence electrons. The molecule has 0 saturated heterocycles. The van der Waals surface area contributed by atoms with Gasteiger partial charge in [0, 0.05) is 30.9 Å². The third-order valence-electron chi connectivity index (χ3n) is 5.33. The molecule has 0 bridgehead atoms. The normalized spacial score (nSPS) is 24.4. The largest absolute Gasteiger partial charge is 0.384 e. The summed E-state index contributed by atoms with van der Waals surface area (Å²) in [5.41, 5.74) is 2.83. The Labute approximate surface area is 137 Å². The van der Waals surface area contributed by atoms with Crippen LogP contribution >= 0.6 is 0 Å². The van der Waals surface area contributed by atoms with E-state index in [1.807, 2.05) is 24.4 Å². The van der Waals surface area contributed by atoms with E-state index in [1.54, 1.807) is 0 Å². The minimum absolute atomic E-state index is 0.418. The highest BCUT2D eigenvalue weighted by molar-refractivity contribution is 5.37. The van der Waals surface area contributed by atoms with E-state index < -0.39 is 5.60 Å². The summed E-state index contributed by atoms with van der Waals surface area (Å²) in [6.07, 6.45) is 7.19. The molecular weight excluding hydrogens is 284 g/mol. The van der Waals surface area contributed by atoms with E-state index >= 15 is 0 Å². The Bertz CT molecular complexity index is 668. The van der Waals surface area contributed by atoms with Gasteiger partial charge in [-0.15, -0.1) is 0 Å². The van der Waals surface area contributed by atoms with Crippen molar-refractivity contribution in [3.63, 3.8) is 0 Å². The zero-order valence-corrected chi connectivity index (χ0v) is 13.4. The first kappa shape index (κ1) is 14.9. The Morgan fingerprint density at radius 1 is 1.17 bits per heavy atom. The molecule has 2 atom stereocenters. The van der Waals surface area contributed by atoms with E-state index in [0.29, 0.717) is 12.6 Å². The first-order chi connectivity index (χ1) is 11.2. The number of benzene rings is 1. The lowest BCUT2D eigenvalue weighted by Crippen LogP contribution is -2.43. The van der Waals surface area contributed by atoms with E-state index in [4.69, 9.17) is 0 Å². The van der Waals surface area contributed by atoms with Crippen LogP contribution in [0.2, 0.25) is 0 Å². The van der Waals surface area contributed by atoms with Crippen molar-refractivity contribution in [1.82, 2.24) is 10.3 Å². The van der Waals surface area contributed by atoms with Gasteiger partial charge >= 0.3 is 0 Å². The Kier molecular flexibility index (Phi) is 3.92. The van der Waals surface area contributed by atoms with Gasteiger partial charge in [0.05, 0.1) is 0 Å². The van der Waals surface area contributed by atoms with Crippen LogP contribution in [0.4, 0.5) is 0 Å². The van der Waals surface area contributed by atoms with Crippen molar-refractivity contribution < 1.29 is 5.11 Å². The second-order valence-electron chi connectivity index (χ2n) is 7.04. The summed E-state index contributed by atoms with van der Waals surface area (Å²) in [7, 11) is 0. The first-order valence-electron chi connectivity index (χ1n) is 8.69. The first-order valence-corrected chi connectivity index (χ1v) is 8.69. The molecule has 4 rings (SSSR count). The van der Waals surface area contributed by atoms with Gasteiger partial charge in [-0.1, -0.05) is 30.3 Å². The van der Waals surface area contributed by atoms with Crippen molar-refractivity contribution in [2.75, 3.05) is 6.54 Å². The second-order valence-corrected chi connectivity index (χ2v) is 7.04. The highest BCUT2D eigenvalue weighted by Crippen LogP contribution is 2.38. The predicted molar refractivity (Wildman–Crippen MR) is 91.1 cm³/mol. The van der Waals surface area contributed by atoms with Gasteiger partial charge in [0.2, 0.25) is 0 Å². The summed E-state index contributed by atoms with van der Waals surface area (Å²) in [5, 5.41) is 14.7. The Morgan fingerprint density at radius 2 is 2.00 bits per heavy atom. The molecule has 2 aromatic rings. The number of rotatable bonds is 6. The standard InChI is InChI=1S/C20H24N2O/c23-20(11-10-15-5-1-2-7-18(15)20)14-22-19(16-8-9-16)13-17-6-3-4-12-21-17/h1-7,12,16,19,22-23H,8-11,13-14H2. The molecule has 1 fully saturated rings. The fraction of sp³-hybridized carbons (Fsp3) is 0.450. The average molecular weight is 308 g/mol. The number of nitrogens with one attached hydrogen (secondary N) is 1. The van der Waals surface area contributed by atoms with Crippen molar-refractivity contribution in [3.8, 4) is 0 Å². The third kappa shape index (κ3) is 3.17. The number of hydrogen-bond donors (Lipinski definition) is 2. The van der Waals surface area contributed by atoms with E-state index in [1.165, 1.54) is 18.4 Å². The average Bonchev–Trinajstić information content (AvgIpc) is 3.38. The molecule has 3 heteroatoms. The number of aliphatic hydroxyl groups is 1. The third-order valence-corrected chi connectivity index (χ3v) is 5.33. The van der Waals surface area contributed by atoms with Crippen LogP contribution in [-0.4, -0.2) is 22.7 Å². The molecule has 2 aliphatic carbocycles. The van der Waals surface area contributed by atoms with Crippen LogP contribution in [0.3, 0.4) is 0 Å². The van der Waals surface area contributed by atoms with E-state index in [0.717, 1.165) is 36.4 Å². The molecule has 0 aliphatic heterocycles. The van der Waals surface area contributed by atoms with Crippen LogP contribution in [0, 0.1) is 5.92 Å². The van der Waals surface area contributed by atoms with Gasteiger partial charge in [0.1, 0.15) is 5.60 Å². The SMILES string of the molecule is OC1(CNC(Cc2ccccn2)C2CC2)CCc2ccccc21. The summed E-state index contributed by atoms with van der Waals surface area (Å²) in [5.74, 6) is 0.734. The van der Waals surface area contributed by atoms with Gasteiger partial charge in [-0.25, -0.2) is 0 Å². The van der Waals surface area contributed by atoms with Crippen LogP contribution in [-0.2, 0) is 18.4 Å². The molecule has 1 aromatic carbocycles. The van der Waals surface area contributed by atoms with Gasteiger partial charge in [-0.05, 0) is 54.9 Å². The fourth-order valence-corrected chi connectivity index (χ4v) is 3.80. The van der Waals surface area contributed by atoms with Gasteiger partial charge in [0.15, 0.2) is 0 Å². The van der Waals surface area contributed by atoms with Crippen molar-refractivity contribution in [2.45, 2.75) is 43.7 Å². The van der Waals surface area contributed by atoms with E-state index in [-0.39, 0.29) is 0 Å². The highest BCUT2D eigenvalue weighted by atomic mass is 16.3. The molecule has 3 nitrogen and oxygen atoms in total. The molecule has 0 spiro atoms. The fourth-order valence-electron chi connectivity index (χ4n) is 3.80. The van der Waals surface area contributed by atoms with Crippen LogP contribution in [0.1, 0.15) is 36.1 Å². The molecule has 2 aliphatic rings. The number of aromatic nitrogens is 1. The zero-order valence-electron chi connectivity index (χ0n) is 13.4. The summed E-state index contributed by atoms with van der Waals surface area (Å²) < 4.78 is 0. The van der Waals surface area contributed by atoms with Crippen LogP contribution in [0.5, 0.6) is 0 Å². The maximum absolute atomic E-state index is 11.1. The van der Waals surface area contributed by atoms with Gasteiger partial charge < -0.3 is 10.4 Å². The minimum atomic E-state index is -0.714. The summed E-state index contributed by atoms with van der Waals surface area (Å²) in [4.78, 5) is 4.46. The molecule has 0 radical (unpaired) electrons. The Balaban J connectivity index is 1.44. The van der Waals surface area contributed by atoms with Crippen molar-refractivity contribution >= 4 is 0 Å². The van der Waals surface area contributed by atoms with Gasteiger partial charge in [-0.3, -0.25) is 4.98 Å². The van der Waals surface area contributed by atoms with E-state index in [9.17, 15) is 5.11 Å². The smallest absolute Gasteiger partial charge is 0.103 e. The van der Waals surface area contributed by atoms with Crippen LogP contribution < -0.4 is 5.32 Å². The molecule has 23 heavy (non-hydrogen) atoms. The molecule has 0 amide bonds. The number of fused-ring (bicyclic) bond motifs is 1. The lowest BCUT2D eigenvalue weighted by molar-refractivity contribution is 0.0350. The lowest BCUT2D eigenvalue weighted by atomic mass is 9.95. The molecule has 1 heterocycles. The topological polar surface area (TPSA) is 45.1 Å². The molecule has 1 saturated carbocycles. The number of nitrogens with zero attached hydrogens (tertiary/aromatic N) is 1. The molecular formula is C20H24N2O. The van der Waals surface area contributed by atoms with Gasteiger partial charge in [0.25, 0.3) is 0 Å². The molecule has 2 unspecified atom stereocenters. The summed E-state index contributed by atoms with van der Waals surface area (Å²) >= 11 is 0. The maximum Gasteiger partial charge on any atom is 0.103 e. The summed E-state index contributed by atoms with van der Waals surface area (Å²) in [6, 6.07) is 14.8.